The fraction of sp³-hybridized carbons (Fsp3) is 0.848. The average Bonchev–Trinajstić information content (AvgIpc) is 2.91. The van der Waals surface area contributed by atoms with Crippen LogP contribution in [0, 0.1) is 11.8 Å². The van der Waals surface area contributed by atoms with E-state index in [1.807, 2.05) is 56.2 Å². The van der Waals surface area contributed by atoms with E-state index in [-0.39, 0.29) is 61.6 Å². The minimum absolute atomic E-state index is 0.0382. The van der Waals surface area contributed by atoms with Crippen LogP contribution in [-0.4, -0.2) is 151 Å². The van der Waals surface area contributed by atoms with Crippen LogP contribution in [0.5, 0.6) is 0 Å². The number of amides is 1. The van der Waals surface area contributed by atoms with Gasteiger partial charge in [-0.15, -0.1) is 0 Å². The molecule has 46 heavy (non-hydrogen) atoms. The van der Waals surface area contributed by atoms with Crippen molar-refractivity contribution in [3.05, 3.63) is 0 Å². The van der Waals surface area contributed by atoms with E-state index in [1.54, 1.807) is 6.92 Å². The van der Waals surface area contributed by atoms with Crippen LogP contribution in [0.3, 0.4) is 0 Å². The highest BCUT2D eigenvalue weighted by molar-refractivity contribution is 5.78. The number of rotatable bonds is 11. The number of ketones is 1. The fourth-order valence-corrected chi connectivity index (χ4v) is 5.77. The molecule has 0 atom stereocenters. The maximum absolute atomic E-state index is 13.1. The second-order valence-corrected chi connectivity index (χ2v) is 14.8. The lowest BCUT2D eigenvalue weighted by molar-refractivity contribution is -0.158. The molecule has 1 saturated heterocycles. The second-order valence-electron chi connectivity index (χ2n) is 14.8. The highest BCUT2D eigenvalue weighted by atomic mass is 16.6. The van der Waals surface area contributed by atoms with Gasteiger partial charge in [-0.2, -0.15) is 0 Å². The molecule has 2 rings (SSSR count). The Bertz CT molecular complexity index is 1020. The normalized spacial score (nSPS) is 22.2. The van der Waals surface area contributed by atoms with Crippen LogP contribution in [0.1, 0.15) is 74.1 Å². The van der Waals surface area contributed by atoms with Crippen LogP contribution >= 0.6 is 0 Å². The highest BCUT2D eigenvalue weighted by Gasteiger charge is 2.27. The van der Waals surface area contributed by atoms with Crippen molar-refractivity contribution in [2.75, 3.05) is 85.1 Å². The van der Waals surface area contributed by atoms with Crippen molar-refractivity contribution in [2.24, 2.45) is 11.8 Å². The number of carboxylic acids is 1. The summed E-state index contributed by atoms with van der Waals surface area (Å²) in [6, 6.07) is 0. The Hall–Kier alpha value is -2.61. The molecule has 1 aliphatic heterocycles. The van der Waals surface area contributed by atoms with Crippen LogP contribution in [0.2, 0.25) is 0 Å². The zero-order chi connectivity index (χ0) is 34.5. The standard InChI is InChI=1S/C33H59N5O8/c1-25(39)21-35-12-14-36(22-28(40)34-20-26-8-10-27(11-9-26)31(43)44)15-17-38(24-30(42)46-33(5,6)7)19-18-37(16-13-35)23-29(41)45-32(2,3)4/h26-27H,8-24H2,1-7H3,(H,34,40)(H,43,44). The molecule has 1 heterocycles. The Morgan fingerprint density at radius 1 is 0.630 bits per heavy atom. The number of carboxylic acid groups (broad SMARTS) is 1. The molecule has 0 spiro atoms. The van der Waals surface area contributed by atoms with Crippen molar-refractivity contribution in [3.63, 3.8) is 0 Å². The van der Waals surface area contributed by atoms with Gasteiger partial charge in [0.2, 0.25) is 5.91 Å². The van der Waals surface area contributed by atoms with Gasteiger partial charge in [0.05, 0.1) is 32.1 Å². The summed E-state index contributed by atoms with van der Waals surface area (Å²) in [6.45, 7) is 17.8. The van der Waals surface area contributed by atoms with E-state index in [0.29, 0.717) is 71.7 Å². The zero-order valence-electron chi connectivity index (χ0n) is 29.3. The third kappa shape index (κ3) is 17.3. The predicted molar refractivity (Wildman–Crippen MR) is 174 cm³/mol. The largest absolute Gasteiger partial charge is 0.481 e. The number of aliphatic carboxylic acids is 1. The van der Waals surface area contributed by atoms with Crippen molar-refractivity contribution >= 4 is 29.6 Å². The van der Waals surface area contributed by atoms with Crippen LogP contribution in [-0.2, 0) is 33.4 Å². The Labute approximate surface area is 275 Å². The maximum atomic E-state index is 13.1. The van der Waals surface area contributed by atoms with Crippen LogP contribution in [0.4, 0.5) is 0 Å². The van der Waals surface area contributed by atoms with Crippen LogP contribution in [0.25, 0.3) is 0 Å². The third-order valence-corrected chi connectivity index (χ3v) is 8.07. The summed E-state index contributed by atoms with van der Waals surface area (Å²) in [5.74, 6) is -1.50. The summed E-state index contributed by atoms with van der Waals surface area (Å²) in [7, 11) is 0. The van der Waals surface area contributed by atoms with E-state index in [1.165, 1.54) is 0 Å². The molecule has 1 saturated carbocycles. The lowest BCUT2D eigenvalue weighted by atomic mass is 9.82. The van der Waals surface area contributed by atoms with Gasteiger partial charge in [-0.25, -0.2) is 0 Å². The molecule has 0 aromatic heterocycles. The molecule has 1 amide bonds. The van der Waals surface area contributed by atoms with Crippen LogP contribution < -0.4 is 5.32 Å². The molecule has 1 aliphatic carbocycles. The first kappa shape index (κ1) is 39.6. The molecule has 2 aliphatic rings. The smallest absolute Gasteiger partial charge is 0.320 e. The molecule has 0 aromatic rings. The van der Waals surface area contributed by atoms with Crippen LogP contribution in [0.15, 0.2) is 0 Å². The zero-order valence-corrected chi connectivity index (χ0v) is 29.3. The van der Waals surface area contributed by atoms with Gasteiger partial charge in [-0.05, 0) is 80.1 Å². The summed E-state index contributed by atoms with van der Waals surface area (Å²) < 4.78 is 11.2. The van der Waals surface area contributed by atoms with Gasteiger partial charge in [0.25, 0.3) is 0 Å². The van der Waals surface area contributed by atoms with E-state index >= 15 is 0 Å². The van der Waals surface area contributed by atoms with E-state index in [0.717, 1.165) is 12.8 Å². The van der Waals surface area contributed by atoms with Crippen molar-refractivity contribution in [1.82, 2.24) is 24.9 Å². The van der Waals surface area contributed by atoms with Gasteiger partial charge in [0.15, 0.2) is 0 Å². The molecule has 2 fully saturated rings. The molecule has 0 aromatic carbocycles. The number of nitrogens with one attached hydrogen (secondary N) is 1. The second kappa shape index (κ2) is 18.7. The van der Waals surface area contributed by atoms with Gasteiger partial charge in [0.1, 0.15) is 17.0 Å². The van der Waals surface area contributed by atoms with Crippen molar-refractivity contribution in [3.8, 4) is 0 Å². The monoisotopic (exact) mass is 653 g/mol. The van der Waals surface area contributed by atoms with Gasteiger partial charge < -0.3 is 19.9 Å². The lowest BCUT2D eigenvalue weighted by Crippen LogP contribution is -2.50. The third-order valence-electron chi connectivity index (χ3n) is 8.07. The summed E-state index contributed by atoms with van der Waals surface area (Å²) >= 11 is 0. The first-order valence-corrected chi connectivity index (χ1v) is 16.7. The van der Waals surface area contributed by atoms with Gasteiger partial charge in [-0.1, -0.05) is 0 Å². The minimum Gasteiger partial charge on any atom is -0.481 e. The van der Waals surface area contributed by atoms with E-state index in [2.05, 4.69) is 10.2 Å². The average molecular weight is 654 g/mol. The van der Waals surface area contributed by atoms with E-state index in [4.69, 9.17) is 9.47 Å². The number of carbonyl (C=O) groups excluding carboxylic acids is 4. The Balaban J connectivity index is 2.12. The Kier molecular flexibility index (Phi) is 16.0. The molecule has 0 radical (unpaired) electrons. The topological polar surface area (TPSA) is 149 Å². The van der Waals surface area contributed by atoms with Gasteiger partial charge in [-0.3, -0.25) is 43.6 Å². The number of carbonyl (C=O) groups is 5. The number of esters is 2. The summed E-state index contributed by atoms with van der Waals surface area (Å²) in [4.78, 5) is 70.1. The maximum Gasteiger partial charge on any atom is 0.320 e. The SMILES string of the molecule is CC(=O)CN1CCN(CC(=O)NCC2CCC(C(=O)O)CC2)CCN(CC(=O)OC(C)(C)C)CCN(CC(=O)OC(C)(C)C)CC1. The van der Waals surface area contributed by atoms with E-state index in [9.17, 15) is 29.1 Å². The first-order valence-electron chi connectivity index (χ1n) is 16.7. The van der Waals surface area contributed by atoms with E-state index < -0.39 is 17.2 Å². The molecular formula is C33H59N5O8. The number of hydrogen-bond acceptors (Lipinski definition) is 11. The summed E-state index contributed by atoms with van der Waals surface area (Å²) in [5.41, 5.74) is -1.23. The molecule has 0 bridgehead atoms. The highest BCUT2D eigenvalue weighted by Crippen LogP contribution is 2.28. The van der Waals surface area contributed by atoms with Crippen molar-refractivity contribution in [1.29, 1.82) is 0 Å². The first-order chi connectivity index (χ1) is 21.4. The number of ether oxygens (including phenoxy) is 2. The molecule has 2 N–H and O–H groups in total. The van der Waals surface area contributed by atoms with Crippen molar-refractivity contribution in [2.45, 2.75) is 85.4 Å². The molecule has 13 nitrogen and oxygen atoms in total. The molecule has 264 valence electrons. The number of hydrogen-bond donors (Lipinski definition) is 2. The Morgan fingerprint density at radius 2 is 1.00 bits per heavy atom. The quantitative estimate of drug-likeness (QED) is 0.311. The lowest BCUT2D eigenvalue weighted by Gasteiger charge is -2.34. The molecular weight excluding hydrogens is 594 g/mol. The van der Waals surface area contributed by atoms with Crippen molar-refractivity contribution < 1.29 is 38.6 Å². The molecule has 0 unspecified atom stereocenters. The number of nitrogens with zero attached hydrogens (tertiary/aromatic N) is 4. The Morgan fingerprint density at radius 3 is 1.35 bits per heavy atom. The molecule has 13 heteroatoms. The number of Topliss-reactive ketones (excluding diaryl/α,β-unsaturated/α-hetero) is 1. The summed E-state index contributed by atoms with van der Waals surface area (Å²) in [6.07, 6.45) is 2.84. The van der Waals surface area contributed by atoms with Gasteiger partial charge in [0, 0.05) is 58.9 Å². The predicted octanol–water partition coefficient (Wildman–Crippen LogP) is 1.49. The summed E-state index contributed by atoms with van der Waals surface area (Å²) in [5, 5.41) is 12.3. The fourth-order valence-electron chi connectivity index (χ4n) is 5.77. The minimum atomic E-state index is -0.743. The van der Waals surface area contributed by atoms with Gasteiger partial charge >= 0.3 is 17.9 Å².